The van der Waals surface area contributed by atoms with Crippen LogP contribution in [0, 0.1) is 17.0 Å². The molecule has 0 aliphatic heterocycles. The molecule has 0 bridgehead atoms. The van der Waals surface area contributed by atoms with Gasteiger partial charge in [-0.2, -0.15) is 0 Å². The van der Waals surface area contributed by atoms with Crippen molar-refractivity contribution in [2.75, 3.05) is 0 Å². The van der Waals surface area contributed by atoms with Crippen molar-refractivity contribution in [2.45, 2.75) is 6.92 Å². The Balaban J connectivity index is 3.22. The van der Waals surface area contributed by atoms with Crippen LogP contribution in [-0.2, 0) is 0 Å². The van der Waals surface area contributed by atoms with Gasteiger partial charge in [0.05, 0.1) is 4.92 Å². The molecule has 0 amide bonds. The summed E-state index contributed by atoms with van der Waals surface area (Å²) in [7, 11) is 0. The number of thiophene rings is 1. The normalized spacial score (nSPS) is 9.55. The largest absolute Gasteiger partial charge is 0.334 e. The second-order valence-corrected chi connectivity index (χ2v) is 3.23. The summed E-state index contributed by atoms with van der Waals surface area (Å²) in [5.41, 5.74) is 0.164. The molecule has 0 aliphatic carbocycles. The van der Waals surface area contributed by atoms with Crippen molar-refractivity contribution in [2.24, 2.45) is 0 Å². The van der Waals surface area contributed by atoms with Gasteiger partial charge in [0.1, 0.15) is 5.56 Å². The Morgan fingerprint density at radius 2 is 2.36 bits per heavy atom. The predicted octanol–water partition coefficient (Wildman–Crippen LogP) is 1.78. The van der Waals surface area contributed by atoms with Crippen LogP contribution in [0.4, 0.5) is 5.00 Å². The van der Waals surface area contributed by atoms with Crippen LogP contribution in [0.5, 0.6) is 0 Å². The summed E-state index contributed by atoms with van der Waals surface area (Å²) in [4.78, 5) is 20.7. The molecular weight excluding hydrogens is 166 g/mol. The maximum atomic E-state index is 10.3. The highest BCUT2D eigenvalue weighted by Crippen LogP contribution is 2.27. The number of hydrogen-bond acceptors (Lipinski definition) is 4. The Labute approximate surface area is 66.6 Å². The van der Waals surface area contributed by atoms with Crippen molar-refractivity contribution in [1.29, 1.82) is 0 Å². The van der Waals surface area contributed by atoms with Gasteiger partial charge in [-0.1, -0.05) is 11.3 Å². The molecule has 0 saturated heterocycles. The lowest BCUT2D eigenvalue weighted by molar-refractivity contribution is -0.380. The van der Waals surface area contributed by atoms with Crippen LogP contribution in [0.15, 0.2) is 6.07 Å². The van der Waals surface area contributed by atoms with E-state index in [1.54, 1.807) is 6.92 Å². The summed E-state index contributed by atoms with van der Waals surface area (Å²) in [5.74, 6) is 0. The molecule has 1 aromatic heterocycles. The van der Waals surface area contributed by atoms with Crippen LogP contribution in [0.1, 0.15) is 15.2 Å². The van der Waals surface area contributed by atoms with Gasteiger partial charge in [0.2, 0.25) is 0 Å². The fraction of sp³-hybridized carbons (Fsp3) is 0.167. The minimum Gasteiger partial charge on any atom is -0.298 e. The molecule has 0 unspecified atom stereocenters. The summed E-state index contributed by atoms with van der Waals surface area (Å²) < 4.78 is 0. The van der Waals surface area contributed by atoms with Crippen LogP contribution in [-0.4, -0.2) is 11.2 Å². The van der Waals surface area contributed by atoms with E-state index in [4.69, 9.17) is 0 Å². The van der Waals surface area contributed by atoms with Gasteiger partial charge in [-0.05, 0) is 13.0 Å². The number of carbonyl (C=O) groups is 1. The minimum absolute atomic E-state index is 0.0718. The number of carbonyl (C=O) groups excluding carboxylic acids is 1. The predicted molar refractivity (Wildman–Crippen MR) is 41.1 cm³/mol. The summed E-state index contributed by atoms with van der Waals surface area (Å²) in [6.07, 6.45) is 0.502. The molecule has 0 atom stereocenters. The molecule has 0 radical (unpaired) electrons. The number of nitro groups is 1. The van der Waals surface area contributed by atoms with E-state index in [9.17, 15) is 14.9 Å². The molecule has 5 heteroatoms. The molecular formula is C6H5NO3S. The van der Waals surface area contributed by atoms with Gasteiger partial charge in [-0.25, -0.2) is 0 Å². The molecule has 0 aliphatic rings. The molecule has 0 aromatic carbocycles. The third-order valence-electron chi connectivity index (χ3n) is 1.16. The van der Waals surface area contributed by atoms with Crippen LogP contribution in [0.2, 0.25) is 0 Å². The Morgan fingerprint density at radius 3 is 2.73 bits per heavy atom. The molecule has 0 N–H and O–H groups in total. The van der Waals surface area contributed by atoms with Crippen molar-refractivity contribution < 1.29 is 9.72 Å². The van der Waals surface area contributed by atoms with Gasteiger partial charge >= 0.3 is 5.00 Å². The average molecular weight is 171 g/mol. The van der Waals surface area contributed by atoms with E-state index in [1.165, 1.54) is 6.07 Å². The first kappa shape index (κ1) is 7.87. The highest BCUT2D eigenvalue weighted by atomic mass is 32.1. The fourth-order valence-corrected chi connectivity index (χ4v) is 1.54. The molecule has 58 valence electrons. The molecule has 1 heterocycles. The summed E-state index contributed by atoms with van der Waals surface area (Å²) >= 11 is 1.02. The summed E-state index contributed by atoms with van der Waals surface area (Å²) in [6, 6.07) is 1.51. The SMILES string of the molecule is Cc1cc(C=O)c([N+](=O)[O-])s1. The molecule has 0 fully saturated rings. The highest BCUT2D eigenvalue weighted by molar-refractivity contribution is 7.15. The van der Waals surface area contributed by atoms with E-state index >= 15 is 0 Å². The maximum Gasteiger partial charge on any atom is 0.334 e. The Bertz CT molecular complexity index is 305. The van der Waals surface area contributed by atoms with E-state index in [0.29, 0.717) is 6.29 Å². The third-order valence-corrected chi connectivity index (χ3v) is 2.17. The van der Waals surface area contributed by atoms with Crippen molar-refractivity contribution in [3.8, 4) is 0 Å². The van der Waals surface area contributed by atoms with Crippen molar-refractivity contribution in [3.63, 3.8) is 0 Å². The van der Waals surface area contributed by atoms with Crippen LogP contribution in [0.25, 0.3) is 0 Å². The standard InChI is InChI=1S/C6H5NO3S/c1-4-2-5(3-8)6(11-4)7(9)10/h2-3H,1H3. The van der Waals surface area contributed by atoms with Crippen LogP contribution < -0.4 is 0 Å². The van der Waals surface area contributed by atoms with E-state index in [-0.39, 0.29) is 10.6 Å². The number of nitrogens with zero attached hydrogens (tertiary/aromatic N) is 1. The first-order valence-electron chi connectivity index (χ1n) is 2.85. The second-order valence-electron chi connectivity index (χ2n) is 1.99. The molecule has 0 saturated carbocycles. The quantitative estimate of drug-likeness (QED) is 0.387. The van der Waals surface area contributed by atoms with E-state index in [1.807, 2.05) is 0 Å². The van der Waals surface area contributed by atoms with E-state index in [2.05, 4.69) is 0 Å². The second kappa shape index (κ2) is 2.79. The highest BCUT2D eigenvalue weighted by Gasteiger charge is 2.16. The summed E-state index contributed by atoms with van der Waals surface area (Å²) in [5, 5.41) is 10.2. The number of aryl methyl sites for hydroxylation is 1. The van der Waals surface area contributed by atoms with Gasteiger partial charge < -0.3 is 0 Å². The molecule has 4 nitrogen and oxygen atoms in total. The van der Waals surface area contributed by atoms with E-state index < -0.39 is 4.92 Å². The smallest absolute Gasteiger partial charge is 0.298 e. The number of hydrogen-bond donors (Lipinski definition) is 0. The van der Waals surface area contributed by atoms with Gasteiger partial charge in [0.25, 0.3) is 0 Å². The van der Waals surface area contributed by atoms with Crippen molar-refractivity contribution in [3.05, 3.63) is 26.6 Å². The van der Waals surface area contributed by atoms with Crippen LogP contribution >= 0.6 is 11.3 Å². The summed E-state index contributed by atoms with van der Waals surface area (Å²) in [6.45, 7) is 1.73. The maximum absolute atomic E-state index is 10.3. The van der Waals surface area contributed by atoms with Gasteiger partial charge in [0.15, 0.2) is 6.29 Å². The van der Waals surface area contributed by atoms with Gasteiger partial charge in [-0.3, -0.25) is 14.9 Å². The molecule has 1 rings (SSSR count). The molecule has 1 aromatic rings. The van der Waals surface area contributed by atoms with E-state index in [0.717, 1.165) is 16.2 Å². The topological polar surface area (TPSA) is 60.2 Å². The average Bonchev–Trinajstić information content (AvgIpc) is 2.30. The Kier molecular flexibility index (Phi) is 2.00. The Hall–Kier alpha value is -1.23. The third kappa shape index (κ3) is 1.43. The lowest BCUT2D eigenvalue weighted by Gasteiger charge is -1.82. The molecule has 11 heavy (non-hydrogen) atoms. The number of rotatable bonds is 2. The lowest BCUT2D eigenvalue weighted by Crippen LogP contribution is -1.87. The Morgan fingerprint density at radius 1 is 1.73 bits per heavy atom. The van der Waals surface area contributed by atoms with Crippen LogP contribution in [0.3, 0.4) is 0 Å². The first-order valence-corrected chi connectivity index (χ1v) is 3.67. The zero-order valence-corrected chi connectivity index (χ0v) is 6.55. The zero-order valence-electron chi connectivity index (χ0n) is 5.73. The minimum atomic E-state index is -0.540. The molecule has 0 spiro atoms. The van der Waals surface area contributed by atoms with Crippen molar-refractivity contribution >= 4 is 22.6 Å². The monoisotopic (exact) mass is 171 g/mol. The van der Waals surface area contributed by atoms with Crippen molar-refractivity contribution in [1.82, 2.24) is 0 Å². The van der Waals surface area contributed by atoms with Gasteiger partial charge in [0, 0.05) is 4.88 Å². The van der Waals surface area contributed by atoms with Gasteiger partial charge in [-0.15, -0.1) is 0 Å². The first-order chi connectivity index (χ1) is 5.15. The fourth-order valence-electron chi connectivity index (χ4n) is 0.749. The zero-order chi connectivity index (χ0) is 8.43. The number of aldehydes is 1. The lowest BCUT2D eigenvalue weighted by atomic mass is 10.3.